The predicted octanol–water partition coefficient (Wildman–Crippen LogP) is 8.19. The lowest BCUT2D eigenvalue weighted by molar-refractivity contribution is 0.123. The first kappa shape index (κ1) is 25.5. The summed E-state index contributed by atoms with van der Waals surface area (Å²) < 4.78 is 6.04. The molecule has 0 N–H and O–H groups in total. The summed E-state index contributed by atoms with van der Waals surface area (Å²) in [7, 11) is 0. The molecule has 0 spiro atoms. The van der Waals surface area contributed by atoms with Crippen LogP contribution in [0.5, 0.6) is 0 Å². The second-order valence-corrected chi connectivity index (χ2v) is 11.1. The predicted molar refractivity (Wildman–Crippen MR) is 131 cm³/mol. The Morgan fingerprint density at radius 2 is 1.21 bits per heavy atom. The van der Waals surface area contributed by atoms with Crippen LogP contribution >= 0.6 is 11.8 Å². The summed E-state index contributed by atoms with van der Waals surface area (Å²) in [5.74, 6) is 0. The molecule has 29 heavy (non-hydrogen) atoms. The van der Waals surface area contributed by atoms with E-state index in [0.29, 0.717) is 5.44 Å². The van der Waals surface area contributed by atoms with Crippen molar-refractivity contribution in [1.82, 2.24) is 4.90 Å². The van der Waals surface area contributed by atoms with Crippen LogP contribution in [0.25, 0.3) is 0 Å². The molecule has 0 aromatic rings. The standard InChI is InChI=1S/C26H51NOS/c1-2-3-4-5-6-7-8-9-10-11-12-13-14-15-16-19-26-28-24-25(29-26)20-23-27-21-17-18-22-27/h25-26H,2-24H2,1H3. The van der Waals surface area contributed by atoms with Crippen molar-refractivity contribution in [1.29, 1.82) is 0 Å². The van der Waals surface area contributed by atoms with Gasteiger partial charge in [-0.15, -0.1) is 11.8 Å². The fourth-order valence-corrected chi connectivity index (χ4v) is 6.11. The molecule has 3 heteroatoms. The van der Waals surface area contributed by atoms with Gasteiger partial charge in [-0.1, -0.05) is 96.8 Å². The van der Waals surface area contributed by atoms with Crippen molar-refractivity contribution < 1.29 is 4.74 Å². The van der Waals surface area contributed by atoms with Crippen LogP contribution in [0.4, 0.5) is 0 Å². The highest BCUT2D eigenvalue weighted by molar-refractivity contribution is 8.00. The Bertz CT molecular complexity index is 359. The molecule has 0 bridgehead atoms. The maximum absolute atomic E-state index is 6.04. The van der Waals surface area contributed by atoms with Gasteiger partial charge in [-0.2, -0.15) is 0 Å². The summed E-state index contributed by atoms with van der Waals surface area (Å²) in [6, 6.07) is 0. The Balaban J connectivity index is 1.27. The van der Waals surface area contributed by atoms with Crippen LogP contribution in [0.3, 0.4) is 0 Å². The molecular formula is C26H51NOS. The first-order valence-electron chi connectivity index (χ1n) is 13.4. The van der Waals surface area contributed by atoms with E-state index in [1.165, 1.54) is 142 Å². The second kappa shape index (κ2) is 17.9. The Morgan fingerprint density at radius 3 is 1.76 bits per heavy atom. The van der Waals surface area contributed by atoms with E-state index in [0.717, 1.165) is 11.9 Å². The van der Waals surface area contributed by atoms with Gasteiger partial charge in [0.1, 0.15) is 5.44 Å². The molecule has 0 amide bonds. The van der Waals surface area contributed by atoms with E-state index < -0.39 is 0 Å². The number of hydrogen-bond acceptors (Lipinski definition) is 3. The smallest absolute Gasteiger partial charge is 0.103 e. The van der Waals surface area contributed by atoms with Gasteiger partial charge in [0.05, 0.1) is 6.61 Å². The zero-order valence-corrected chi connectivity index (χ0v) is 20.5. The first-order chi connectivity index (χ1) is 14.4. The van der Waals surface area contributed by atoms with Gasteiger partial charge in [0.15, 0.2) is 0 Å². The van der Waals surface area contributed by atoms with E-state index in [1.807, 2.05) is 0 Å². The highest BCUT2D eigenvalue weighted by Gasteiger charge is 2.26. The molecule has 0 radical (unpaired) electrons. The van der Waals surface area contributed by atoms with Crippen molar-refractivity contribution in [2.75, 3.05) is 26.2 Å². The normalized spacial score (nSPS) is 22.7. The van der Waals surface area contributed by atoms with Gasteiger partial charge in [-0.05, 0) is 51.7 Å². The summed E-state index contributed by atoms with van der Waals surface area (Å²) in [6.07, 6.45) is 27.2. The van der Waals surface area contributed by atoms with Crippen molar-refractivity contribution in [2.45, 2.75) is 140 Å². The number of hydrogen-bond donors (Lipinski definition) is 0. The van der Waals surface area contributed by atoms with Crippen molar-refractivity contribution in [3.05, 3.63) is 0 Å². The molecular weight excluding hydrogens is 374 g/mol. The minimum atomic E-state index is 0.501. The van der Waals surface area contributed by atoms with Gasteiger partial charge in [0.2, 0.25) is 0 Å². The summed E-state index contributed by atoms with van der Waals surface area (Å²) in [4.78, 5) is 2.64. The van der Waals surface area contributed by atoms with Crippen LogP contribution < -0.4 is 0 Å². The highest BCUT2D eigenvalue weighted by atomic mass is 32.2. The molecule has 2 heterocycles. The number of thioether (sulfide) groups is 1. The molecule has 2 aliphatic heterocycles. The molecule has 172 valence electrons. The van der Waals surface area contributed by atoms with Crippen LogP contribution in [0.2, 0.25) is 0 Å². The maximum atomic E-state index is 6.04. The second-order valence-electron chi connectivity index (χ2n) is 9.60. The number of nitrogens with zero attached hydrogens (tertiary/aromatic N) is 1. The third-order valence-corrected chi connectivity index (χ3v) is 8.25. The number of ether oxygens (including phenoxy) is 1. The molecule has 2 saturated heterocycles. The highest BCUT2D eigenvalue weighted by Crippen LogP contribution is 2.33. The third-order valence-electron chi connectivity index (χ3n) is 6.82. The van der Waals surface area contributed by atoms with Gasteiger partial charge >= 0.3 is 0 Å². The lowest BCUT2D eigenvalue weighted by Gasteiger charge is -2.16. The molecule has 2 nitrogen and oxygen atoms in total. The minimum Gasteiger partial charge on any atom is -0.366 e. The molecule has 0 aromatic carbocycles. The quantitative estimate of drug-likeness (QED) is 0.193. The topological polar surface area (TPSA) is 12.5 Å². The summed E-state index contributed by atoms with van der Waals surface area (Å²) in [5, 5.41) is 0.761. The van der Waals surface area contributed by atoms with Crippen LogP contribution in [0, 0.1) is 0 Å². The summed E-state index contributed by atoms with van der Waals surface area (Å²) >= 11 is 2.13. The minimum absolute atomic E-state index is 0.501. The molecule has 2 aliphatic rings. The third kappa shape index (κ3) is 13.3. The van der Waals surface area contributed by atoms with Crippen LogP contribution in [0.15, 0.2) is 0 Å². The molecule has 0 aliphatic carbocycles. The Labute approximate surface area is 187 Å². The summed E-state index contributed by atoms with van der Waals surface area (Å²) in [5.41, 5.74) is 0.501. The van der Waals surface area contributed by atoms with Crippen molar-refractivity contribution >= 4 is 11.8 Å². The van der Waals surface area contributed by atoms with E-state index in [-0.39, 0.29) is 0 Å². The van der Waals surface area contributed by atoms with E-state index in [1.54, 1.807) is 0 Å². The van der Waals surface area contributed by atoms with E-state index in [2.05, 4.69) is 23.6 Å². The first-order valence-corrected chi connectivity index (χ1v) is 14.3. The molecule has 2 fully saturated rings. The largest absolute Gasteiger partial charge is 0.366 e. The average molecular weight is 426 g/mol. The maximum Gasteiger partial charge on any atom is 0.103 e. The molecule has 2 atom stereocenters. The van der Waals surface area contributed by atoms with Gasteiger partial charge in [0, 0.05) is 5.25 Å². The zero-order chi connectivity index (χ0) is 20.4. The lowest BCUT2D eigenvalue weighted by atomic mass is 10.0. The van der Waals surface area contributed by atoms with Gasteiger partial charge in [-0.25, -0.2) is 0 Å². The zero-order valence-electron chi connectivity index (χ0n) is 19.7. The van der Waals surface area contributed by atoms with Gasteiger partial charge < -0.3 is 9.64 Å². The van der Waals surface area contributed by atoms with Crippen molar-refractivity contribution in [3.8, 4) is 0 Å². The number of likely N-dealkylation sites (tertiary alicyclic amines) is 1. The molecule has 2 rings (SSSR count). The van der Waals surface area contributed by atoms with Crippen molar-refractivity contribution in [2.24, 2.45) is 0 Å². The lowest BCUT2D eigenvalue weighted by Crippen LogP contribution is -2.23. The molecule has 0 saturated carbocycles. The van der Waals surface area contributed by atoms with Crippen LogP contribution in [-0.4, -0.2) is 41.8 Å². The Hall–Kier alpha value is 0.270. The monoisotopic (exact) mass is 425 g/mol. The van der Waals surface area contributed by atoms with Crippen molar-refractivity contribution in [3.63, 3.8) is 0 Å². The number of rotatable bonds is 19. The Morgan fingerprint density at radius 1 is 0.690 bits per heavy atom. The fourth-order valence-electron chi connectivity index (χ4n) is 4.83. The Kier molecular flexibility index (Phi) is 15.8. The van der Waals surface area contributed by atoms with Crippen LogP contribution in [-0.2, 0) is 4.74 Å². The molecule has 2 unspecified atom stereocenters. The fraction of sp³-hybridized carbons (Fsp3) is 1.00. The van der Waals surface area contributed by atoms with Crippen LogP contribution in [0.1, 0.15) is 129 Å². The van der Waals surface area contributed by atoms with Gasteiger partial charge in [-0.3, -0.25) is 0 Å². The number of unbranched alkanes of at least 4 members (excludes halogenated alkanes) is 14. The summed E-state index contributed by atoms with van der Waals surface area (Å²) in [6.45, 7) is 7.27. The van der Waals surface area contributed by atoms with E-state index in [9.17, 15) is 0 Å². The van der Waals surface area contributed by atoms with Gasteiger partial charge in [0.25, 0.3) is 0 Å². The van der Waals surface area contributed by atoms with E-state index in [4.69, 9.17) is 4.74 Å². The average Bonchev–Trinajstić information content (AvgIpc) is 3.41. The molecule has 0 aromatic heterocycles. The SMILES string of the molecule is CCCCCCCCCCCCCCCCCC1OCC(CCN2CCCC2)S1. The van der Waals surface area contributed by atoms with E-state index >= 15 is 0 Å².